The summed E-state index contributed by atoms with van der Waals surface area (Å²) in [6, 6.07) is 11.9. The van der Waals surface area contributed by atoms with Crippen LogP contribution in [0.3, 0.4) is 0 Å². The van der Waals surface area contributed by atoms with Crippen molar-refractivity contribution in [1.29, 1.82) is 0 Å². The number of alkyl halides is 2. The van der Waals surface area contributed by atoms with Gasteiger partial charge in [0.15, 0.2) is 0 Å². The number of carbonyl (C=O) groups excluding carboxylic acids is 1. The number of H-pyrrole nitrogens is 1. The number of hydrogen-bond donors (Lipinski definition) is 3. The maximum atomic E-state index is 13.9. The van der Waals surface area contributed by atoms with E-state index in [-0.39, 0.29) is 46.9 Å². The zero-order valence-electron chi connectivity index (χ0n) is 35.4. The van der Waals surface area contributed by atoms with Crippen molar-refractivity contribution in [2.24, 2.45) is 29.1 Å². The van der Waals surface area contributed by atoms with Crippen LogP contribution in [0.15, 0.2) is 77.0 Å². The molecule has 2 saturated carbocycles. The molecule has 3 aliphatic carbocycles. The number of pyridine rings is 1. The molecule has 3 N–H and O–H groups in total. The highest BCUT2D eigenvalue weighted by Crippen LogP contribution is 2.64. The van der Waals surface area contributed by atoms with Crippen LogP contribution in [0.4, 0.5) is 25.8 Å². The molecule has 2 aromatic heterocycles. The van der Waals surface area contributed by atoms with Crippen molar-refractivity contribution in [2.75, 3.05) is 69.3 Å². The molecule has 4 heterocycles. The number of anilines is 2. The maximum Gasteiger partial charge on any atom is 0.293 e. The summed E-state index contributed by atoms with van der Waals surface area (Å²) < 4.78 is 74.5. The number of hydrogen-bond acceptors (Lipinski definition) is 12. The first-order valence-electron chi connectivity index (χ1n) is 21.7. The van der Waals surface area contributed by atoms with Gasteiger partial charge in [-0.1, -0.05) is 25.0 Å². The summed E-state index contributed by atoms with van der Waals surface area (Å²) in [4.78, 5) is 36.9. The molecule has 2 aliphatic heterocycles. The summed E-state index contributed by atoms with van der Waals surface area (Å²) in [7, 11) is -4.60. The van der Waals surface area contributed by atoms with Crippen LogP contribution in [-0.2, 0) is 19.5 Å². The van der Waals surface area contributed by atoms with Crippen LogP contribution >= 0.6 is 0 Å². The van der Waals surface area contributed by atoms with E-state index >= 15 is 0 Å². The molecular weight excluding hydrogens is 837 g/mol. The summed E-state index contributed by atoms with van der Waals surface area (Å²) in [5.74, 6) is -0.199. The van der Waals surface area contributed by atoms with Gasteiger partial charge in [-0.25, -0.2) is 26.9 Å². The molecule has 15 nitrogen and oxygen atoms in total. The van der Waals surface area contributed by atoms with Crippen molar-refractivity contribution >= 4 is 44.0 Å². The van der Waals surface area contributed by atoms with E-state index in [4.69, 9.17) is 14.2 Å². The third-order valence-corrected chi connectivity index (χ3v) is 14.9. The highest BCUT2D eigenvalue weighted by molar-refractivity contribution is 7.90. The number of sulfonamides is 1. The third kappa shape index (κ3) is 9.40. The maximum absolute atomic E-state index is 13.9. The van der Waals surface area contributed by atoms with Crippen molar-refractivity contribution in [3.63, 3.8) is 0 Å². The molecule has 2 unspecified atom stereocenters. The number of fused-ring (bicyclic) bond motifs is 2. The predicted molar refractivity (Wildman–Crippen MR) is 232 cm³/mol. The molecule has 5 aliphatic rings. The molecule has 18 heteroatoms. The summed E-state index contributed by atoms with van der Waals surface area (Å²) in [5, 5.41) is 15.8. The molecule has 5 atom stereocenters. The Morgan fingerprint density at radius 2 is 1.90 bits per heavy atom. The first-order chi connectivity index (χ1) is 30.2. The van der Waals surface area contributed by atoms with E-state index in [1.807, 2.05) is 6.07 Å². The van der Waals surface area contributed by atoms with E-state index in [0.717, 1.165) is 62.5 Å². The number of halogens is 2. The lowest BCUT2D eigenvalue weighted by molar-refractivity contribution is -0.384. The Hall–Kier alpha value is -5.17. The van der Waals surface area contributed by atoms with Gasteiger partial charge >= 0.3 is 0 Å². The largest absolute Gasteiger partial charge is 0.455 e. The van der Waals surface area contributed by atoms with Crippen LogP contribution < -0.4 is 19.7 Å². The minimum absolute atomic E-state index is 0.0730. The van der Waals surface area contributed by atoms with Gasteiger partial charge in [-0.15, -0.1) is 0 Å². The lowest BCUT2D eigenvalue weighted by atomic mass is 9.69. The molecule has 0 spiro atoms. The fourth-order valence-corrected chi connectivity index (χ4v) is 11.1. The van der Waals surface area contributed by atoms with E-state index in [2.05, 4.69) is 43.7 Å². The topological polar surface area (TPSA) is 181 Å². The summed E-state index contributed by atoms with van der Waals surface area (Å²) in [6.07, 6.45) is 5.24. The van der Waals surface area contributed by atoms with Gasteiger partial charge in [0.1, 0.15) is 22.8 Å². The lowest BCUT2D eigenvalue weighted by Crippen LogP contribution is -2.47. The number of allylic oxidation sites excluding steroid dienone is 1. The number of nitrogens with zero attached hydrogens (tertiary/aromatic N) is 4. The second-order valence-corrected chi connectivity index (χ2v) is 20.0. The van der Waals surface area contributed by atoms with Crippen molar-refractivity contribution in [2.45, 2.75) is 63.4 Å². The van der Waals surface area contributed by atoms with Crippen LogP contribution in [0.1, 0.15) is 56.3 Å². The molecule has 9 rings (SSSR count). The van der Waals surface area contributed by atoms with Crippen molar-refractivity contribution in [3.05, 3.63) is 87.7 Å². The molecule has 2 saturated heterocycles. The number of carbonyl (C=O) groups is 1. The number of aromatic amines is 1. The average molecular weight is 890 g/mol. The average Bonchev–Trinajstić information content (AvgIpc) is 3.72. The van der Waals surface area contributed by atoms with Gasteiger partial charge in [0.25, 0.3) is 21.6 Å². The predicted octanol–water partition coefficient (Wildman–Crippen LogP) is 7.38. The van der Waals surface area contributed by atoms with Gasteiger partial charge in [0, 0.05) is 74.6 Å². The smallest absolute Gasteiger partial charge is 0.293 e. The minimum atomic E-state index is -4.60. The molecular formula is C45H53F2N7O8S. The fourth-order valence-electron chi connectivity index (χ4n) is 10.1. The number of ether oxygens (including phenoxy) is 3. The van der Waals surface area contributed by atoms with Crippen molar-refractivity contribution < 1.29 is 41.1 Å². The molecule has 1 amide bonds. The van der Waals surface area contributed by atoms with Crippen LogP contribution in [0.25, 0.3) is 11.0 Å². The van der Waals surface area contributed by atoms with Gasteiger partial charge in [0.05, 0.1) is 47.5 Å². The number of amides is 1. The van der Waals surface area contributed by atoms with Crippen molar-refractivity contribution in [3.8, 4) is 11.5 Å². The van der Waals surface area contributed by atoms with Crippen LogP contribution in [0, 0.1) is 39.2 Å². The Morgan fingerprint density at radius 3 is 2.65 bits per heavy atom. The zero-order valence-corrected chi connectivity index (χ0v) is 36.2. The summed E-state index contributed by atoms with van der Waals surface area (Å²) >= 11 is 0. The Kier molecular flexibility index (Phi) is 11.9. The first kappa shape index (κ1) is 43.1. The Bertz CT molecular complexity index is 2520. The van der Waals surface area contributed by atoms with E-state index in [1.54, 1.807) is 24.4 Å². The van der Waals surface area contributed by atoms with Gasteiger partial charge < -0.3 is 29.4 Å². The first-order valence-corrected chi connectivity index (χ1v) is 23.2. The van der Waals surface area contributed by atoms with Gasteiger partial charge in [-0.05, 0) is 91.7 Å². The normalized spacial score (nSPS) is 25.0. The number of benzene rings is 2. The number of aromatic nitrogens is 2. The number of nitro benzene ring substituents is 1. The van der Waals surface area contributed by atoms with Crippen LogP contribution in [-0.4, -0.2) is 106 Å². The monoisotopic (exact) mass is 889 g/mol. The number of piperazine rings is 1. The van der Waals surface area contributed by atoms with Gasteiger partial charge in [-0.3, -0.25) is 19.8 Å². The number of nitrogens with one attached hydrogen (secondary N) is 3. The van der Waals surface area contributed by atoms with E-state index in [1.165, 1.54) is 35.5 Å². The summed E-state index contributed by atoms with van der Waals surface area (Å²) in [6.45, 7) is 9.69. The third-order valence-electron chi connectivity index (χ3n) is 13.6. The molecule has 4 fully saturated rings. The molecule has 4 aromatic rings. The number of nitro groups is 1. The lowest BCUT2D eigenvalue weighted by Gasteiger charge is -2.40. The van der Waals surface area contributed by atoms with E-state index in [9.17, 15) is 32.1 Å². The van der Waals surface area contributed by atoms with Crippen molar-refractivity contribution in [1.82, 2.24) is 19.6 Å². The highest BCUT2D eigenvalue weighted by Gasteiger charge is 2.58. The quantitative estimate of drug-likeness (QED) is 0.0651. The van der Waals surface area contributed by atoms with Crippen LogP contribution in [0.2, 0.25) is 0 Å². The van der Waals surface area contributed by atoms with E-state index < -0.39 is 43.8 Å². The van der Waals surface area contributed by atoms with Crippen LogP contribution in [0.5, 0.6) is 11.5 Å². The SMILES string of the molecule is CC1(C)CCC(CN2CCN(c3ccc(C(=O)NS(=O)(=O)c4ccc(NC[C@H]5COCCO5)c([N+](=O)[O-])c4)c(Oc4cnc5[nH]ccc5c4)c3)CC2)=C([C@@H]2C[C@H](C(F)F)C3CC32)C1. The molecule has 0 bridgehead atoms. The summed E-state index contributed by atoms with van der Waals surface area (Å²) in [5.41, 5.74) is 3.97. The van der Waals surface area contributed by atoms with E-state index in [0.29, 0.717) is 56.6 Å². The minimum Gasteiger partial charge on any atom is -0.455 e. The molecule has 2 aromatic carbocycles. The standard InChI is InChI=1S/C45H53F2N7O8S/c1-45(2)9-7-28(38(22-45)36-21-37(42(46)47)35-20-34(35)36)25-52-11-13-53(14-12-52)29-3-5-33(41(18-29)62-30-17-27-8-10-48-43(27)50-23-30)44(55)51-63(58,59)32-4-6-39(40(19-32)54(56)57)49-24-31-26-60-15-16-61-31/h3-6,8,10,17-19,23,31,34-37,42,49H,7,9,11-16,20-22,24-26H2,1-2H3,(H,48,50)(H,51,55)/t31-,34?,35?,36+,37-/m0/s1. The Labute approximate surface area is 364 Å². The Morgan fingerprint density at radius 1 is 1.08 bits per heavy atom. The zero-order chi connectivity index (χ0) is 44.0. The molecule has 63 heavy (non-hydrogen) atoms. The van der Waals surface area contributed by atoms with Gasteiger partial charge in [0.2, 0.25) is 6.43 Å². The fraction of sp³-hybridized carbons (Fsp3) is 0.511. The highest BCUT2D eigenvalue weighted by atomic mass is 32.2. The number of rotatable bonds is 14. The molecule has 336 valence electrons. The molecule has 0 radical (unpaired) electrons. The van der Waals surface area contributed by atoms with Gasteiger partial charge in [-0.2, -0.15) is 0 Å². The second-order valence-electron chi connectivity index (χ2n) is 18.3. The Balaban J connectivity index is 0.918. The second kappa shape index (κ2) is 17.4.